The molecule has 21 heavy (non-hydrogen) atoms. The highest BCUT2D eigenvalue weighted by Gasteiger charge is 2.24. The standard InChI is InChI=1S/C15H14ClN3O2/c1-9-13(16)17-8-18-14(9)19-6-5-10-7-11(15(20)21-2)3-4-12(10)19/h3-4,7-8H,5-6H2,1-2H3. The molecule has 0 saturated carbocycles. The Balaban J connectivity index is 2.01. The van der Waals surface area contributed by atoms with Crippen LogP contribution in [0.1, 0.15) is 21.5 Å². The third-order valence-electron chi connectivity index (χ3n) is 3.65. The van der Waals surface area contributed by atoms with Crippen LogP contribution >= 0.6 is 11.6 Å². The third kappa shape index (κ3) is 2.34. The van der Waals surface area contributed by atoms with Crippen molar-refractivity contribution in [3.05, 3.63) is 46.4 Å². The molecule has 1 aromatic heterocycles. The monoisotopic (exact) mass is 303 g/mol. The number of aromatic nitrogens is 2. The number of hydrogen-bond donors (Lipinski definition) is 0. The second-order valence-electron chi connectivity index (χ2n) is 4.85. The van der Waals surface area contributed by atoms with Gasteiger partial charge in [-0.15, -0.1) is 0 Å². The van der Waals surface area contributed by atoms with Crippen LogP contribution in [0.15, 0.2) is 24.5 Å². The minimum Gasteiger partial charge on any atom is -0.465 e. The Morgan fingerprint density at radius 3 is 2.95 bits per heavy atom. The summed E-state index contributed by atoms with van der Waals surface area (Å²) in [5.41, 5.74) is 3.56. The van der Waals surface area contributed by atoms with E-state index in [0.29, 0.717) is 10.7 Å². The zero-order chi connectivity index (χ0) is 15.0. The predicted molar refractivity (Wildman–Crippen MR) is 80.3 cm³/mol. The molecule has 0 N–H and O–H groups in total. The average molecular weight is 304 g/mol. The molecule has 1 aliphatic rings. The van der Waals surface area contributed by atoms with Crippen LogP contribution in [-0.2, 0) is 11.2 Å². The summed E-state index contributed by atoms with van der Waals surface area (Å²) in [4.78, 5) is 22.0. The number of methoxy groups -OCH3 is 1. The molecule has 2 aromatic rings. The number of benzene rings is 1. The smallest absolute Gasteiger partial charge is 0.337 e. The molecule has 0 aliphatic carbocycles. The van der Waals surface area contributed by atoms with Crippen molar-refractivity contribution in [3.63, 3.8) is 0 Å². The highest BCUT2D eigenvalue weighted by atomic mass is 35.5. The van der Waals surface area contributed by atoms with Crippen molar-refractivity contribution in [2.24, 2.45) is 0 Å². The molecule has 5 nitrogen and oxygen atoms in total. The average Bonchev–Trinajstić information content (AvgIpc) is 2.92. The normalized spacial score (nSPS) is 13.2. The quantitative estimate of drug-likeness (QED) is 0.630. The maximum atomic E-state index is 11.6. The van der Waals surface area contributed by atoms with Crippen LogP contribution in [0.5, 0.6) is 0 Å². The zero-order valence-electron chi connectivity index (χ0n) is 11.8. The number of esters is 1. The summed E-state index contributed by atoms with van der Waals surface area (Å²) in [6.07, 6.45) is 2.31. The van der Waals surface area contributed by atoms with Gasteiger partial charge in [-0.05, 0) is 37.1 Å². The number of hydrogen-bond acceptors (Lipinski definition) is 5. The molecular formula is C15H14ClN3O2. The number of fused-ring (bicyclic) bond motifs is 1. The lowest BCUT2D eigenvalue weighted by molar-refractivity contribution is 0.0600. The second-order valence-corrected chi connectivity index (χ2v) is 5.21. The van der Waals surface area contributed by atoms with Gasteiger partial charge in [0.2, 0.25) is 0 Å². The summed E-state index contributed by atoms with van der Waals surface area (Å²) in [7, 11) is 1.38. The van der Waals surface area contributed by atoms with Gasteiger partial charge in [-0.3, -0.25) is 0 Å². The van der Waals surface area contributed by atoms with Crippen molar-refractivity contribution >= 4 is 29.1 Å². The first kappa shape index (κ1) is 13.8. The van der Waals surface area contributed by atoms with Crippen LogP contribution in [0.4, 0.5) is 11.5 Å². The molecule has 0 saturated heterocycles. The van der Waals surface area contributed by atoms with Crippen LogP contribution in [0.3, 0.4) is 0 Å². The number of ether oxygens (including phenoxy) is 1. The summed E-state index contributed by atoms with van der Waals surface area (Å²) in [5.74, 6) is 0.483. The number of rotatable bonds is 2. The summed E-state index contributed by atoms with van der Waals surface area (Å²) < 4.78 is 4.75. The third-order valence-corrected chi connectivity index (χ3v) is 4.03. The Bertz CT molecular complexity index is 718. The fourth-order valence-corrected chi connectivity index (χ4v) is 2.69. The van der Waals surface area contributed by atoms with E-state index in [2.05, 4.69) is 14.9 Å². The maximum Gasteiger partial charge on any atom is 0.337 e. The van der Waals surface area contributed by atoms with Crippen molar-refractivity contribution in [3.8, 4) is 0 Å². The molecule has 2 heterocycles. The number of halogens is 1. The van der Waals surface area contributed by atoms with Gasteiger partial charge in [-0.25, -0.2) is 14.8 Å². The Labute approximate surface area is 127 Å². The molecular weight excluding hydrogens is 290 g/mol. The largest absolute Gasteiger partial charge is 0.465 e. The van der Waals surface area contributed by atoms with Crippen molar-refractivity contribution in [1.29, 1.82) is 0 Å². The van der Waals surface area contributed by atoms with E-state index in [1.54, 1.807) is 6.07 Å². The molecule has 0 atom stereocenters. The number of carbonyl (C=O) groups is 1. The Morgan fingerprint density at radius 2 is 2.19 bits per heavy atom. The van der Waals surface area contributed by atoms with Crippen molar-refractivity contribution in [2.75, 3.05) is 18.6 Å². The van der Waals surface area contributed by atoms with E-state index in [-0.39, 0.29) is 5.97 Å². The van der Waals surface area contributed by atoms with Gasteiger partial charge in [0.15, 0.2) is 0 Å². The molecule has 1 aromatic carbocycles. The summed E-state index contributed by atoms with van der Waals surface area (Å²) in [5, 5.41) is 0.458. The first-order chi connectivity index (χ1) is 10.1. The van der Waals surface area contributed by atoms with Crippen LogP contribution < -0.4 is 4.90 Å². The van der Waals surface area contributed by atoms with E-state index in [4.69, 9.17) is 16.3 Å². The lowest BCUT2D eigenvalue weighted by Gasteiger charge is -2.20. The van der Waals surface area contributed by atoms with Crippen LogP contribution in [-0.4, -0.2) is 29.6 Å². The SMILES string of the molecule is COC(=O)c1ccc2c(c1)CCN2c1ncnc(Cl)c1C. The van der Waals surface area contributed by atoms with E-state index in [9.17, 15) is 4.79 Å². The van der Waals surface area contributed by atoms with Gasteiger partial charge in [0.25, 0.3) is 0 Å². The lowest BCUT2D eigenvalue weighted by Crippen LogP contribution is -2.16. The molecule has 0 amide bonds. The van der Waals surface area contributed by atoms with Crippen molar-refractivity contribution < 1.29 is 9.53 Å². The van der Waals surface area contributed by atoms with Gasteiger partial charge in [0.1, 0.15) is 17.3 Å². The van der Waals surface area contributed by atoms with Crippen LogP contribution in [0, 0.1) is 6.92 Å². The minimum atomic E-state index is -0.322. The van der Waals surface area contributed by atoms with Gasteiger partial charge < -0.3 is 9.64 Å². The lowest BCUT2D eigenvalue weighted by atomic mass is 10.1. The first-order valence-corrected chi connectivity index (χ1v) is 6.95. The zero-order valence-corrected chi connectivity index (χ0v) is 12.5. The van der Waals surface area contributed by atoms with E-state index >= 15 is 0 Å². The second kappa shape index (κ2) is 5.33. The summed E-state index contributed by atoms with van der Waals surface area (Å²) >= 11 is 6.07. The van der Waals surface area contributed by atoms with E-state index < -0.39 is 0 Å². The molecule has 3 rings (SSSR count). The highest BCUT2D eigenvalue weighted by Crippen LogP contribution is 2.36. The molecule has 0 bridgehead atoms. The minimum absolute atomic E-state index is 0.322. The summed E-state index contributed by atoms with van der Waals surface area (Å²) in [6.45, 7) is 2.70. The Hall–Kier alpha value is -2.14. The maximum absolute atomic E-state index is 11.6. The van der Waals surface area contributed by atoms with Gasteiger partial charge in [0, 0.05) is 17.8 Å². The van der Waals surface area contributed by atoms with Gasteiger partial charge in [-0.2, -0.15) is 0 Å². The highest BCUT2D eigenvalue weighted by molar-refractivity contribution is 6.30. The fourth-order valence-electron chi connectivity index (χ4n) is 2.56. The topological polar surface area (TPSA) is 55.3 Å². The first-order valence-electron chi connectivity index (χ1n) is 6.57. The van der Waals surface area contributed by atoms with Gasteiger partial charge in [-0.1, -0.05) is 11.6 Å². The molecule has 0 spiro atoms. The van der Waals surface area contributed by atoms with E-state index in [0.717, 1.165) is 35.6 Å². The number of anilines is 2. The molecule has 1 aliphatic heterocycles. The summed E-state index contributed by atoms with van der Waals surface area (Å²) in [6, 6.07) is 5.56. The molecule has 0 radical (unpaired) electrons. The van der Waals surface area contributed by atoms with Crippen molar-refractivity contribution in [1.82, 2.24) is 9.97 Å². The predicted octanol–water partition coefficient (Wildman–Crippen LogP) is 2.92. The van der Waals surface area contributed by atoms with E-state index in [1.807, 2.05) is 19.1 Å². The Kier molecular flexibility index (Phi) is 3.51. The number of carbonyl (C=O) groups excluding carboxylic acids is 1. The molecule has 0 fully saturated rings. The van der Waals surface area contributed by atoms with Gasteiger partial charge in [0.05, 0.1) is 12.7 Å². The Morgan fingerprint density at radius 1 is 1.38 bits per heavy atom. The van der Waals surface area contributed by atoms with Gasteiger partial charge >= 0.3 is 5.97 Å². The van der Waals surface area contributed by atoms with E-state index in [1.165, 1.54) is 13.4 Å². The van der Waals surface area contributed by atoms with Crippen LogP contribution in [0.25, 0.3) is 0 Å². The molecule has 0 unspecified atom stereocenters. The van der Waals surface area contributed by atoms with Crippen LogP contribution in [0.2, 0.25) is 5.15 Å². The molecule has 108 valence electrons. The number of nitrogens with zero attached hydrogens (tertiary/aromatic N) is 3. The van der Waals surface area contributed by atoms with Crippen molar-refractivity contribution in [2.45, 2.75) is 13.3 Å². The fraction of sp³-hybridized carbons (Fsp3) is 0.267. The molecule has 6 heteroatoms.